The van der Waals surface area contributed by atoms with Crippen LogP contribution < -0.4 is 4.74 Å². The normalized spacial score (nSPS) is 21.6. The SMILES string of the molecule is Cc1cc(OCC2(CC(=O)N3CCCCC3)CCCN(S(=O)(=O)c3ccc(Br)cc3)C2)ccc1Cl. The first-order valence-electron chi connectivity index (χ1n) is 12.1. The van der Waals surface area contributed by atoms with Crippen molar-refractivity contribution in [3.63, 3.8) is 0 Å². The summed E-state index contributed by atoms with van der Waals surface area (Å²) in [5, 5.41) is 0.664. The molecule has 0 bridgehead atoms. The quantitative estimate of drug-likeness (QED) is 0.422. The van der Waals surface area contributed by atoms with Crippen molar-refractivity contribution in [3.05, 3.63) is 57.5 Å². The molecule has 0 radical (unpaired) electrons. The molecule has 9 heteroatoms. The molecule has 4 rings (SSSR count). The third-order valence-corrected chi connectivity index (χ3v) is 9.80. The van der Waals surface area contributed by atoms with Crippen LogP contribution in [0.2, 0.25) is 5.02 Å². The molecule has 0 spiro atoms. The van der Waals surface area contributed by atoms with Crippen molar-refractivity contribution in [1.82, 2.24) is 9.21 Å². The summed E-state index contributed by atoms with van der Waals surface area (Å²) < 4.78 is 35.5. The van der Waals surface area contributed by atoms with Crippen molar-refractivity contribution in [3.8, 4) is 5.75 Å². The Hall–Kier alpha value is -1.61. The van der Waals surface area contributed by atoms with E-state index in [2.05, 4.69) is 15.9 Å². The van der Waals surface area contributed by atoms with E-state index < -0.39 is 15.4 Å². The number of carbonyl (C=O) groups is 1. The van der Waals surface area contributed by atoms with Gasteiger partial charge in [-0.3, -0.25) is 4.79 Å². The number of benzene rings is 2. The van der Waals surface area contributed by atoms with Crippen LogP contribution in [-0.4, -0.2) is 56.3 Å². The number of sulfonamides is 1. The molecular formula is C26H32BrClN2O4S. The highest BCUT2D eigenvalue weighted by Crippen LogP contribution is 2.38. The lowest BCUT2D eigenvalue weighted by Gasteiger charge is -2.42. The smallest absolute Gasteiger partial charge is 0.243 e. The Morgan fingerprint density at radius 1 is 1.06 bits per heavy atom. The van der Waals surface area contributed by atoms with Crippen molar-refractivity contribution in [2.24, 2.45) is 5.41 Å². The summed E-state index contributed by atoms with van der Waals surface area (Å²) >= 11 is 9.53. The molecule has 2 aliphatic rings. The molecule has 0 N–H and O–H groups in total. The second-order valence-corrected chi connectivity index (χ2v) is 13.0. The van der Waals surface area contributed by atoms with Gasteiger partial charge < -0.3 is 9.64 Å². The second kappa shape index (κ2) is 11.2. The molecular weight excluding hydrogens is 552 g/mol. The van der Waals surface area contributed by atoms with Gasteiger partial charge in [-0.2, -0.15) is 4.31 Å². The van der Waals surface area contributed by atoms with Gasteiger partial charge in [0.1, 0.15) is 5.75 Å². The Bertz CT molecular complexity index is 1150. The lowest BCUT2D eigenvalue weighted by Crippen LogP contribution is -2.51. The van der Waals surface area contributed by atoms with E-state index in [0.29, 0.717) is 23.7 Å². The van der Waals surface area contributed by atoms with Crippen molar-refractivity contribution >= 4 is 43.5 Å². The van der Waals surface area contributed by atoms with Gasteiger partial charge in [-0.1, -0.05) is 27.5 Å². The Morgan fingerprint density at radius 3 is 2.46 bits per heavy atom. The predicted octanol–water partition coefficient (Wildman–Crippen LogP) is 5.66. The number of piperidine rings is 2. The summed E-state index contributed by atoms with van der Waals surface area (Å²) in [4.78, 5) is 15.5. The standard InChI is InChI=1S/C26H32BrClN2O4S/c1-20-16-22(8-11-24(20)28)34-19-26(17-25(31)29-13-3-2-4-14-29)12-5-15-30(18-26)35(32,33)23-9-6-21(27)7-10-23/h6-11,16H,2-5,12-15,17-19H2,1H3. The molecule has 2 aromatic carbocycles. The summed E-state index contributed by atoms with van der Waals surface area (Å²) in [5.41, 5.74) is 0.300. The number of halogens is 2. The topological polar surface area (TPSA) is 66.9 Å². The zero-order valence-corrected chi connectivity index (χ0v) is 23.2. The Morgan fingerprint density at radius 2 is 1.77 bits per heavy atom. The van der Waals surface area contributed by atoms with Gasteiger partial charge in [0, 0.05) is 47.5 Å². The lowest BCUT2D eigenvalue weighted by atomic mass is 9.78. The maximum absolute atomic E-state index is 13.5. The number of amides is 1. The Balaban J connectivity index is 1.58. The van der Waals surface area contributed by atoms with Crippen LogP contribution in [0.5, 0.6) is 5.75 Å². The van der Waals surface area contributed by atoms with E-state index in [1.807, 2.05) is 24.0 Å². The molecule has 2 aromatic rings. The van der Waals surface area contributed by atoms with Crippen LogP contribution in [0.15, 0.2) is 51.8 Å². The number of rotatable bonds is 7. The lowest BCUT2D eigenvalue weighted by molar-refractivity contribution is -0.136. The molecule has 35 heavy (non-hydrogen) atoms. The summed E-state index contributed by atoms with van der Waals surface area (Å²) in [6.07, 6.45) is 4.85. The fourth-order valence-corrected chi connectivity index (χ4v) is 6.93. The molecule has 2 heterocycles. The summed E-state index contributed by atoms with van der Waals surface area (Å²) in [6, 6.07) is 12.2. The zero-order chi connectivity index (χ0) is 25.1. The van der Waals surface area contributed by atoms with Gasteiger partial charge in [-0.25, -0.2) is 8.42 Å². The van der Waals surface area contributed by atoms with Crippen LogP contribution >= 0.6 is 27.5 Å². The minimum absolute atomic E-state index is 0.0866. The molecule has 0 saturated carbocycles. The highest BCUT2D eigenvalue weighted by Gasteiger charge is 2.43. The monoisotopic (exact) mass is 582 g/mol. The molecule has 0 aliphatic carbocycles. The van der Waals surface area contributed by atoms with E-state index in [1.165, 1.54) is 4.31 Å². The number of aryl methyl sites for hydroxylation is 1. The van der Waals surface area contributed by atoms with Crippen molar-refractivity contribution in [1.29, 1.82) is 0 Å². The van der Waals surface area contributed by atoms with Crippen LogP contribution in [0.1, 0.15) is 44.1 Å². The third-order valence-electron chi connectivity index (χ3n) is 6.99. The van der Waals surface area contributed by atoms with Crippen molar-refractivity contribution in [2.75, 3.05) is 32.8 Å². The maximum atomic E-state index is 13.5. The molecule has 1 atom stereocenters. The van der Waals surface area contributed by atoms with Gasteiger partial charge in [0.2, 0.25) is 15.9 Å². The minimum Gasteiger partial charge on any atom is -0.493 e. The predicted molar refractivity (Wildman–Crippen MR) is 141 cm³/mol. The van der Waals surface area contributed by atoms with E-state index in [9.17, 15) is 13.2 Å². The fourth-order valence-electron chi connectivity index (χ4n) is 4.96. The van der Waals surface area contributed by atoms with Crippen molar-refractivity contribution < 1.29 is 17.9 Å². The van der Waals surface area contributed by atoms with Gasteiger partial charge in [0.15, 0.2) is 0 Å². The highest BCUT2D eigenvalue weighted by molar-refractivity contribution is 9.10. The van der Waals surface area contributed by atoms with E-state index in [0.717, 1.165) is 48.8 Å². The minimum atomic E-state index is -3.69. The first-order valence-corrected chi connectivity index (χ1v) is 14.7. The van der Waals surface area contributed by atoms with Crippen LogP contribution in [0, 0.1) is 12.3 Å². The maximum Gasteiger partial charge on any atom is 0.243 e. The molecule has 6 nitrogen and oxygen atoms in total. The van der Waals surface area contributed by atoms with Crippen molar-refractivity contribution in [2.45, 2.75) is 50.3 Å². The van der Waals surface area contributed by atoms with Gasteiger partial charge >= 0.3 is 0 Å². The van der Waals surface area contributed by atoms with Gasteiger partial charge in [-0.15, -0.1) is 0 Å². The number of hydrogen-bond donors (Lipinski definition) is 0. The number of nitrogens with zero attached hydrogens (tertiary/aromatic N) is 2. The zero-order valence-electron chi connectivity index (χ0n) is 20.0. The molecule has 190 valence electrons. The van der Waals surface area contributed by atoms with Crippen LogP contribution in [0.4, 0.5) is 0 Å². The van der Waals surface area contributed by atoms with Gasteiger partial charge in [-0.05, 0) is 87.1 Å². The largest absolute Gasteiger partial charge is 0.493 e. The van der Waals surface area contributed by atoms with Crippen LogP contribution in [0.25, 0.3) is 0 Å². The first-order chi connectivity index (χ1) is 16.7. The highest BCUT2D eigenvalue weighted by atomic mass is 79.9. The van der Waals surface area contributed by atoms with Gasteiger partial charge in [0.05, 0.1) is 11.5 Å². The van der Waals surface area contributed by atoms with E-state index >= 15 is 0 Å². The molecule has 2 saturated heterocycles. The Labute approximate surface area is 221 Å². The molecule has 2 aliphatic heterocycles. The first kappa shape index (κ1) is 26.5. The number of ether oxygens (including phenoxy) is 1. The molecule has 1 unspecified atom stereocenters. The van der Waals surface area contributed by atoms with Crippen LogP contribution in [0.3, 0.4) is 0 Å². The van der Waals surface area contributed by atoms with E-state index in [4.69, 9.17) is 16.3 Å². The van der Waals surface area contributed by atoms with Gasteiger partial charge in [0.25, 0.3) is 0 Å². The molecule has 1 amide bonds. The number of carbonyl (C=O) groups excluding carboxylic acids is 1. The summed E-state index contributed by atoms with van der Waals surface area (Å²) in [7, 11) is -3.69. The summed E-state index contributed by atoms with van der Waals surface area (Å²) in [5.74, 6) is 0.757. The fraction of sp³-hybridized carbons (Fsp3) is 0.500. The van der Waals surface area contributed by atoms with E-state index in [1.54, 1.807) is 30.3 Å². The third kappa shape index (κ3) is 6.40. The summed E-state index contributed by atoms with van der Waals surface area (Å²) in [6.45, 7) is 4.40. The van der Waals surface area contributed by atoms with Crippen LogP contribution in [-0.2, 0) is 14.8 Å². The number of likely N-dealkylation sites (tertiary alicyclic amines) is 1. The molecule has 0 aromatic heterocycles. The second-order valence-electron chi connectivity index (χ2n) is 9.71. The average molecular weight is 584 g/mol. The number of hydrogen-bond acceptors (Lipinski definition) is 4. The average Bonchev–Trinajstić information content (AvgIpc) is 2.86. The molecule has 2 fully saturated rings. The van der Waals surface area contributed by atoms with E-state index in [-0.39, 0.29) is 30.4 Å². The Kier molecular flexibility index (Phi) is 8.46.